The zero-order valence-corrected chi connectivity index (χ0v) is 16.4. The second-order valence-electron chi connectivity index (χ2n) is 5.80. The summed E-state index contributed by atoms with van der Waals surface area (Å²) in [5, 5.41) is -0.281. The number of nitrogens with zero attached hydrogens (tertiary/aromatic N) is 1. The topological polar surface area (TPSA) is 89.5 Å². The normalized spacial score (nSPS) is 18.6. The van der Waals surface area contributed by atoms with Crippen LogP contribution in [0, 0.1) is 0 Å². The number of amides is 2. The lowest BCUT2D eigenvalue weighted by Gasteiger charge is -2.35. The van der Waals surface area contributed by atoms with E-state index in [-0.39, 0.29) is 5.03 Å². The van der Waals surface area contributed by atoms with Crippen molar-refractivity contribution in [2.24, 2.45) is 0 Å². The van der Waals surface area contributed by atoms with Crippen LogP contribution in [0.15, 0.2) is 71.9 Å². The molecule has 9 heteroatoms. The fourth-order valence-corrected chi connectivity index (χ4v) is 4.88. The third-order valence-electron chi connectivity index (χ3n) is 3.88. The average Bonchev–Trinajstić information content (AvgIpc) is 2.65. The van der Waals surface area contributed by atoms with Crippen molar-refractivity contribution in [1.29, 1.82) is 0 Å². The molecule has 2 aromatic rings. The number of hydrogen-bond donors (Lipinski definition) is 1. The van der Waals surface area contributed by atoms with E-state index in [1.165, 1.54) is 22.9 Å². The molecule has 0 aliphatic carbocycles. The van der Waals surface area contributed by atoms with Crippen LogP contribution >= 0.6 is 23.4 Å². The number of thioether (sulfide) groups is 1. The summed E-state index contributed by atoms with van der Waals surface area (Å²) in [7, 11) is -4.79. The summed E-state index contributed by atoms with van der Waals surface area (Å²) in [4.78, 5) is 13.8. The molecule has 2 aromatic carbocycles. The highest BCUT2D eigenvalue weighted by atomic mass is 35.5. The van der Waals surface area contributed by atoms with Crippen LogP contribution in [-0.2, 0) is 15.9 Å². The molecular formula is C18H16ClN2O4S2-. The molecule has 1 N–H and O–H groups in total. The van der Waals surface area contributed by atoms with Gasteiger partial charge >= 0.3 is 6.03 Å². The van der Waals surface area contributed by atoms with E-state index in [2.05, 4.69) is 5.32 Å². The molecule has 0 saturated heterocycles. The Morgan fingerprint density at radius 2 is 1.70 bits per heavy atom. The van der Waals surface area contributed by atoms with Gasteiger partial charge in [0.15, 0.2) is 5.37 Å². The molecular weight excluding hydrogens is 408 g/mol. The first-order valence-corrected chi connectivity index (χ1v) is 10.9. The molecule has 0 radical (unpaired) electrons. The molecule has 0 aromatic heterocycles. The Kier molecular flexibility index (Phi) is 6.11. The lowest BCUT2D eigenvalue weighted by atomic mass is 10.2. The van der Waals surface area contributed by atoms with Crippen LogP contribution in [0.25, 0.3) is 0 Å². The summed E-state index contributed by atoms with van der Waals surface area (Å²) in [5.41, 5.74) is 1.92. The summed E-state index contributed by atoms with van der Waals surface area (Å²) in [6.07, 6.45) is 1.22. The monoisotopic (exact) mass is 423 g/mol. The molecule has 2 amide bonds. The molecule has 0 spiro atoms. The number of hydrogen-bond acceptors (Lipinski definition) is 5. The molecule has 1 aliphatic heterocycles. The first-order chi connectivity index (χ1) is 12.9. The molecule has 142 valence electrons. The van der Waals surface area contributed by atoms with E-state index in [0.717, 1.165) is 11.1 Å². The zero-order chi connectivity index (χ0) is 19.4. The van der Waals surface area contributed by atoms with Gasteiger partial charge in [0.1, 0.15) is 15.5 Å². The maximum atomic E-state index is 12.5. The molecule has 6 nitrogen and oxygen atoms in total. The van der Waals surface area contributed by atoms with Crippen LogP contribution in [0.2, 0.25) is 0 Å². The standard InChI is InChI=1S/C18H17ClN2O4S2/c19-15-11-21(18(22)20-16(15)27(23,24)25)17(14-9-5-2-6-10-14)26-12-13-7-3-1-4-8-13/h1-11,16-17H,12H2,(H,20,22)(H,23,24,25)/p-1. The van der Waals surface area contributed by atoms with Crippen molar-refractivity contribution >= 4 is 39.5 Å². The van der Waals surface area contributed by atoms with Crippen molar-refractivity contribution in [3.63, 3.8) is 0 Å². The number of carbonyl (C=O) groups is 1. The predicted molar refractivity (Wildman–Crippen MR) is 105 cm³/mol. The SMILES string of the molecule is O=C1NC(S(=O)(=O)[O-])C(Cl)=CN1C(SCc1ccccc1)c1ccccc1. The van der Waals surface area contributed by atoms with Crippen molar-refractivity contribution in [3.8, 4) is 0 Å². The van der Waals surface area contributed by atoms with Crippen LogP contribution in [0.4, 0.5) is 4.79 Å². The highest BCUT2D eigenvalue weighted by molar-refractivity contribution is 7.98. The Bertz CT molecular complexity index is 936. The molecule has 3 rings (SSSR count). The Balaban J connectivity index is 1.91. The smallest absolute Gasteiger partial charge is 0.323 e. The van der Waals surface area contributed by atoms with Crippen molar-refractivity contribution in [2.45, 2.75) is 16.5 Å². The summed E-state index contributed by atoms with van der Waals surface area (Å²) in [5.74, 6) is 0.624. The minimum absolute atomic E-state index is 0.245. The van der Waals surface area contributed by atoms with Gasteiger partial charge in [-0.1, -0.05) is 72.3 Å². The molecule has 0 bridgehead atoms. The van der Waals surface area contributed by atoms with Crippen LogP contribution < -0.4 is 5.32 Å². The van der Waals surface area contributed by atoms with E-state index in [1.54, 1.807) is 0 Å². The van der Waals surface area contributed by atoms with E-state index in [1.807, 2.05) is 60.7 Å². The zero-order valence-electron chi connectivity index (χ0n) is 14.0. The lowest BCUT2D eigenvalue weighted by molar-refractivity contribution is 0.208. The lowest BCUT2D eigenvalue weighted by Crippen LogP contribution is -2.50. The summed E-state index contributed by atoms with van der Waals surface area (Å²) in [6, 6.07) is 18.4. The Morgan fingerprint density at radius 1 is 1.11 bits per heavy atom. The van der Waals surface area contributed by atoms with Gasteiger partial charge in [0.2, 0.25) is 0 Å². The molecule has 2 atom stereocenters. The maximum absolute atomic E-state index is 12.5. The van der Waals surface area contributed by atoms with Crippen LogP contribution in [0.3, 0.4) is 0 Å². The average molecular weight is 424 g/mol. The van der Waals surface area contributed by atoms with E-state index < -0.39 is 26.9 Å². The predicted octanol–water partition coefficient (Wildman–Crippen LogP) is 3.60. The number of urea groups is 1. The fraction of sp³-hybridized carbons (Fsp3) is 0.167. The number of nitrogens with one attached hydrogen (secondary N) is 1. The van der Waals surface area contributed by atoms with E-state index in [4.69, 9.17) is 11.6 Å². The van der Waals surface area contributed by atoms with Crippen molar-refractivity contribution in [3.05, 3.63) is 83.0 Å². The Labute approximate surface area is 167 Å². The molecule has 1 aliphatic rings. The van der Waals surface area contributed by atoms with Gasteiger partial charge in [-0.3, -0.25) is 4.90 Å². The number of halogens is 1. The van der Waals surface area contributed by atoms with Crippen LogP contribution in [-0.4, -0.2) is 29.3 Å². The van der Waals surface area contributed by atoms with Gasteiger partial charge in [0.05, 0.1) is 5.03 Å². The molecule has 0 fully saturated rings. The van der Waals surface area contributed by atoms with Gasteiger partial charge in [0.25, 0.3) is 0 Å². The maximum Gasteiger partial charge on any atom is 0.323 e. The molecule has 0 saturated carbocycles. The van der Waals surface area contributed by atoms with Crippen LogP contribution in [0.5, 0.6) is 0 Å². The molecule has 27 heavy (non-hydrogen) atoms. The van der Waals surface area contributed by atoms with Gasteiger partial charge < -0.3 is 9.87 Å². The molecule has 1 heterocycles. The first-order valence-electron chi connectivity index (χ1n) is 7.97. The van der Waals surface area contributed by atoms with Crippen LogP contribution in [0.1, 0.15) is 16.5 Å². The minimum atomic E-state index is -4.79. The Morgan fingerprint density at radius 3 is 2.30 bits per heavy atom. The third-order valence-corrected chi connectivity index (χ3v) is 6.59. The number of rotatable bonds is 6. The van der Waals surface area contributed by atoms with E-state index in [9.17, 15) is 17.8 Å². The van der Waals surface area contributed by atoms with Crippen molar-refractivity contribution in [1.82, 2.24) is 10.2 Å². The minimum Gasteiger partial charge on any atom is -0.746 e. The second-order valence-corrected chi connectivity index (χ2v) is 8.77. The van der Waals surface area contributed by atoms with Crippen molar-refractivity contribution < 1.29 is 17.8 Å². The van der Waals surface area contributed by atoms with Gasteiger partial charge in [0, 0.05) is 12.0 Å². The first kappa shape index (κ1) is 19.8. The molecule has 2 unspecified atom stereocenters. The van der Waals surface area contributed by atoms with E-state index in [0.29, 0.717) is 5.75 Å². The fourth-order valence-electron chi connectivity index (χ4n) is 2.60. The van der Waals surface area contributed by atoms with E-state index >= 15 is 0 Å². The number of benzene rings is 2. The highest BCUT2D eigenvalue weighted by Crippen LogP contribution is 2.37. The number of carbonyl (C=O) groups excluding carboxylic acids is 1. The van der Waals surface area contributed by atoms with Gasteiger partial charge in [-0.25, -0.2) is 13.2 Å². The summed E-state index contributed by atoms with van der Waals surface area (Å²) >= 11 is 7.48. The summed E-state index contributed by atoms with van der Waals surface area (Å²) < 4.78 is 33.8. The van der Waals surface area contributed by atoms with Crippen molar-refractivity contribution in [2.75, 3.05) is 0 Å². The van der Waals surface area contributed by atoms with Gasteiger partial charge in [-0.2, -0.15) is 0 Å². The summed E-state index contributed by atoms with van der Waals surface area (Å²) in [6.45, 7) is 0. The Hall–Kier alpha value is -2.00. The quantitative estimate of drug-likeness (QED) is 0.717. The largest absolute Gasteiger partial charge is 0.746 e. The van der Waals surface area contributed by atoms with Gasteiger partial charge in [-0.05, 0) is 11.1 Å². The highest BCUT2D eigenvalue weighted by Gasteiger charge is 2.34. The second kappa shape index (κ2) is 8.35. The van der Waals surface area contributed by atoms with Gasteiger partial charge in [-0.15, -0.1) is 11.8 Å². The third kappa shape index (κ3) is 4.84.